The molecule has 1 heterocycles. The minimum atomic E-state index is -0.376. The summed E-state index contributed by atoms with van der Waals surface area (Å²) in [6.45, 7) is 0.623. The van der Waals surface area contributed by atoms with Crippen molar-refractivity contribution in [2.45, 2.75) is 12.5 Å². The molecule has 0 saturated heterocycles. The number of carbonyl (C=O) groups is 1. The van der Waals surface area contributed by atoms with Gasteiger partial charge >= 0.3 is 5.97 Å². The molecular formula is C12H15NO4. The molecule has 1 aromatic carbocycles. The minimum Gasteiger partial charge on any atom is -0.489 e. The second kappa shape index (κ2) is 5.05. The van der Waals surface area contributed by atoms with Crippen molar-refractivity contribution in [2.75, 3.05) is 25.6 Å². The number of ether oxygens (including phenoxy) is 2. The number of esters is 1. The Morgan fingerprint density at radius 2 is 2.47 bits per heavy atom. The number of anilines is 1. The van der Waals surface area contributed by atoms with Crippen molar-refractivity contribution < 1.29 is 19.4 Å². The number of nitrogens with one attached hydrogen (secondary N) is 1. The molecule has 1 unspecified atom stereocenters. The fourth-order valence-corrected chi connectivity index (χ4v) is 1.78. The van der Waals surface area contributed by atoms with Crippen LogP contribution in [0.1, 0.15) is 16.8 Å². The number of aliphatic hydroxyl groups excluding tert-OH is 1. The van der Waals surface area contributed by atoms with Crippen LogP contribution in [0, 0.1) is 0 Å². The minimum absolute atomic E-state index is 0.0698. The average Bonchev–Trinajstić information content (AvgIpc) is 2.37. The highest BCUT2D eigenvalue weighted by Gasteiger charge is 2.19. The summed E-state index contributed by atoms with van der Waals surface area (Å²) in [4.78, 5) is 11.4. The van der Waals surface area contributed by atoms with Crippen LogP contribution in [0.3, 0.4) is 0 Å². The molecule has 0 aliphatic carbocycles. The Morgan fingerprint density at radius 3 is 3.18 bits per heavy atom. The molecule has 92 valence electrons. The lowest BCUT2D eigenvalue weighted by Crippen LogP contribution is -2.32. The van der Waals surface area contributed by atoms with Crippen LogP contribution >= 0.6 is 0 Å². The van der Waals surface area contributed by atoms with Crippen LogP contribution in [0.15, 0.2) is 18.2 Å². The molecule has 2 rings (SSSR count). The third-order valence-corrected chi connectivity index (χ3v) is 2.68. The number of hydrogen-bond donors (Lipinski definition) is 2. The van der Waals surface area contributed by atoms with Gasteiger partial charge in [0, 0.05) is 6.61 Å². The number of methoxy groups -OCH3 is 1. The smallest absolute Gasteiger partial charge is 0.337 e. The second-order valence-electron chi connectivity index (χ2n) is 3.87. The van der Waals surface area contributed by atoms with E-state index in [9.17, 15) is 4.79 Å². The van der Waals surface area contributed by atoms with Crippen LogP contribution in [-0.4, -0.2) is 37.4 Å². The maximum Gasteiger partial charge on any atom is 0.337 e. The van der Waals surface area contributed by atoms with Crippen LogP contribution < -0.4 is 10.1 Å². The molecule has 0 spiro atoms. The quantitative estimate of drug-likeness (QED) is 0.768. The normalized spacial score (nSPS) is 17.6. The Hall–Kier alpha value is -1.75. The Bertz CT molecular complexity index is 419. The topological polar surface area (TPSA) is 67.8 Å². The molecule has 0 aromatic heterocycles. The Balaban J connectivity index is 2.20. The summed E-state index contributed by atoms with van der Waals surface area (Å²) < 4.78 is 10.2. The van der Waals surface area contributed by atoms with E-state index in [-0.39, 0.29) is 18.6 Å². The zero-order chi connectivity index (χ0) is 12.3. The third-order valence-electron chi connectivity index (χ3n) is 2.68. The predicted octanol–water partition coefficient (Wildman–Crippen LogP) is 1.03. The van der Waals surface area contributed by atoms with Gasteiger partial charge in [0.05, 0.1) is 24.4 Å². The standard InChI is InChI=1S/C12H15NO4/c1-16-12(15)8-2-3-11-10(6-8)13-9(4-5-14)7-17-11/h2-3,6,9,13-14H,4-5,7H2,1H3. The van der Waals surface area contributed by atoms with E-state index in [1.807, 2.05) is 0 Å². The monoisotopic (exact) mass is 237 g/mol. The number of benzene rings is 1. The van der Waals surface area contributed by atoms with Crippen molar-refractivity contribution in [3.05, 3.63) is 23.8 Å². The first-order chi connectivity index (χ1) is 8.24. The maximum absolute atomic E-state index is 11.4. The molecule has 0 saturated carbocycles. The van der Waals surface area contributed by atoms with Gasteiger partial charge in [-0.2, -0.15) is 0 Å². The van der Waals surface area contributed by atoms with Crippen molar-refractivity contribution in [3.63, 3.8) is 0 Å². The van der Waals surface area contributed by atoms with Crippen LogP contribution in [0.25, 0.3) is 0 Å². The highest BCUT2D eigenvalue weighted by Crippen LogP contribution is 2.30. The van der Waals surface area contributed by atoms with Crippen molar-refractivity contribution in [1.82, 2.24) is 0 Å². The SMILES string of the molecule is COC(=O)c1ccc2c(c1)NC(CCO)CO2. The van der Waals surface area contributed by atoms with Gasteiger partial charge < -0.3 is 19.9 Å². The van der Waals surface area contributed by atoms with Crippen molar-refractivity contribution in [3.8, 4) is 5.75 Å². The van der Waals surface area contributed by atoms with E-state index in [0.717, 1.165) is 5.69 Å². The molecule has 1 atom stereocenters. The van der Waals surface area contributed by atoms with Crippen LogP contribution in [-0.2, 0) is 4.74 Å². The first-order valence-corrected chi connectivity index (χ1v) is 5.47. The second-order valence-corrected chi connectivity index (χ2v) is 3.87. The zero-order valence-electron chi connectivity index (χ0n) is 9.60. The Kier molecular flexibility index (Phi) is 3.49. The molecule has 0 fully saturated rings. The number of rotatable bonds is 3. The summed E-state index contributed by atoms with van der Waals surface area (Å²) in [5, 5.41) is 12.1. The number of carbonyl (C=O) groups excluding carboxylic acids is 1. The van der Waals surface area contributed by atoms with E-state index in [4.69, 9.17) is 9.84 Å². The van der Waals surface area contributed by atoms with Gasteiger partial charge in [-0.25, -0.2) is 4.79 Å². The van der Waals surface area contributed by atoms with E-state index in [0.29, 0.717) is 24.3 Å². The van der Waals surface area contributed by atoms with Crippen molar-refractivity contribution in [2.24, 2.45) is 0 Å². The highest BCUT2D eigenvalue weighted by molar-refractivity contribution is 5.91. The molecule has 0 radical (unpaired) electrons. The van der Waals surface area contributed by atoms with Crippen LogP contribution in [0.2, 0.25) is 0 Å². The summed E-state index contributed by atoms with van der Waals surface area (Å²) in [5.41, 5.74) is 1.24. The molecule has 0 amide bonds. The molecule has 2 N–H and O–H groups in total. The number of fused-ring (bicyclic) bond motifs is 1. The number of aliphatic hydroxyl groups is 1. The van der Waals surface area contributed by atoms with Gasteiger partial charge in [-0.1, -0.05) is 0 Å². The summed E-state index contributed by atoms with van der Waals surface area (Å²) in [6, 6.07) is 5.17. The summed E-state index contributed by atoms with van der Waals surface area (Å²) in [7, 11) is 1.35. The molecule has 1 aliphatic rings. The van der Waals surface area contributed by atoms with E-state index >= 15 is 0 Å². The highest BCUT2D eigenvalue weighted by atomic mass is 16.5. The molecular weight excluding hydrogens is 222 g/mol. The first kappa shape index (κ1) is 11.7. The lowest BCUT2D eigenvalue weighted by molar-refractivity contribution is 0.0600. The summed E-state index contributed by atoms with van der Waals surface area (Å²) in [5.74, 6) is 0.339. The van der Waals surface area contributed by atoms with Gasteiger partial charge in [-0.05, 0) is 24.6 Å². The van der Waals surface area contributed by atoms with Crippen molar-refractivity contribution >= 4 is 11.7 Å². The molecule has 0 bridgehead atoms. The van der Waals surface area contributed by atoms with Gasteiger partial charge in [-0.15, -0.1) is 0 Å². The maximum atomic E-state index is 11.4. The van der Waals surface area contributed by atoms with E-state index in [2.05, 4.69) is 10.1 Å². The van der Waals surface area contributed by atoms with Gasteiger partial charge in [0.2, 0.25) is 0 Å². The van der Waals surface area contributed by atoms with E-state index in [1.54, 1.807) is 18.2 Å². The average molecular weight is 237 g/mol. The first-order valence-electron chi connectivity index (χ1n) is 5.47. The van der Waals surface area contributed by atoms with Gasteiger partial charge in [0.15, 0.2) is 0 Å². The fraction of sp³-hybridized carbons (Fsp3) is 0.417. The van der Waals surface area contributed by atoms with Gasteiger partial charge in [0.25, 0.3) is 0 Å². The van der Waals surface area contributed by atoms with Gasteiger partial charge in [-0.3, -0.25) is 0 Å². The Morgan fingerprint density at radius 1 is 1.65 bits per heavy atom. The largest absolute Gasteiger partial charge is 0.489 e. The Labute approximate surface area is 99.3 Å². The summed E-state index contributed by atoms with van der Waals surface area (Å²) in [6.07, 6.45) is 0.613. The number of hydrogen-bond acceptors (Lipinski definition) is 5. The van der Waals surface area contributed by atoms with Gasteiger partial charge in [0.1, 0.15) is 12.4 Å². The lowest BCUT2D eigenvalue weighted by atomic mass is 10.1. The predicted molar refractivity (Wildman–Crippen MR) is 62.4 cm³/mol. The van der Waals surface area contributed by atoms with E-state index in [1.165, 1.54) is 7.11 Å². The third kappa shape index (κ3) is 2.50. The van der Waals surface area contributed by atoms with E-state index < -0.39 is 0 Å². The van der Waals surface area contributed by atoms with Crippen molar-refractivity contribution in [1.29, 1.82) is 0 Å². The van der Waals surface area contributed by atoms with Crippen LogP contribution in [0.4, 0.5) is 5.69 Å². The molecule has 1 aliphatic heterocycles. The molecule has 17 heavy (non-hydrogen) atoms. The molecule has 5 nitrogen and oxygen atoms in total. The van der Waals surface area contributed by atoms with Crippen LogP contribution in [0.5, 0.6) is 5.75 Å². The summed E-state index contributed by atoms with van der Waals surface area (Å²) >= 11 is 0. The molecule has 1 aromatic rings. The molecule has 5 heteroatoms. The lowest BCUT2D eigenvalue weighted by Gasteiger charge is -2.27. The zero-order valence-corrected chi connectivity index (χ0v) is 9.60. The fourth-order valence-electron chi connectivity index (χ4n) is 1.78.